The molecule has 2 aromatic carbocycles. The van der Waals surface area contributed by atoms with Gasteiger partial charge in [-0.1, -0.05) is 24.3 Å². The van der Waals surface area contributed by atoms with E-state index in [1.165, 1.54) is 5.56 Å². The molecule has 0 aliphatic carbocycles. The summed E-state index contributed by atoms with van der Waals surface area (Å²) in [4.78, 5) is 0. The summed E-state index contributed by atoms with van der Waals surface area (Å²) < 4.78 is 1.84. The SMILES string of the molecule is OCc1cccc(NCc2ccc(-n3cccn3)cc2)c1. The van der Waals surface area contributed by atoms with Crippen LogP contribution >= 0.6 is 0 Å². The van der Waals surface area contributed by atoms with E-state index in [0.29, 0.717) is 0 Å². The van der Waals surface area contributed by atoms with E-state index in [4.69, 9.17) is 5.11 Å². The van der Waals surface area contributed by atoms with Crippen molar-refractivity contribution in [2.75, 3.05) is 5.32 Å². The van der Waals surface area contributed by atoms with Gasteiger partial charge in [0.25, 0.3) is 0 Å². The molecule has 0 aliphatic heterocycles. The van der Waals surface area contributed by atoms with E-state index < -0.39 is 0 Å². The zero-order valence-electron chi connectivity index (χ0n) is 11.6. The average molecular weight is 279 g/mol. The summed E-state index contributed by atoms with van der Waals surface area (Å²) in [6.07, 6.45) is 3.69. The Bertz CT molecular complexity index is 690. The Morgan fingerprint density at radius 1 is 1.00 bits per heavy atom. The molecule has 0 bridgehead atoms. The molecule has 0 unspecified atom stereocenters. The summed E-state index contributed by atoms with van der Waals surface area (Å²) in [6, 6.07) is 18.0. The lowest BCUT2D eigenvalue weighted by molar-refractivity contribution is 0.282. The maximum Gasteiger partial charge on any atom is 0.0682 e. The minimum atomic E-state index is 0.0636. The lowest BCUT2D eigenvalue weighted by atomic mass is 10.2. The lowest BCUT2D eigenvalue weighted by Crippen LogP contribution is -2.01. The summed E-state index contributed by atoms with van der Waals surface area (Å²) in [5.41, 5.74) is 4.16. The topological polar surface area (TPSA) is 50.1 Å². The van der Waals surface area contributed by atoms with Crippen LogP contribution in [0.5, 0.6) is 0 Å². The minimum absolute atomic E-state index is 0.0636. The molecule has 0 saturated carbocycles. The van der Waals surface area contributed by atoms with Gasteiger partial charge in [-0.05, 0) is 41.5 Å². The smallest absolute Gasteiger partial charge is 0.0682 e. The van der Waals surface area contributed by atoms with Gasteiger partial charge in [0, 0.05) is 24.6 Å². The van der Waals surface area contributed by atoms with Crippen LogP contribution in [0.25, 0.3) is 5.69 Å². The Kier molecular flexibility index (Phi) is 3.98. The van der Waals surface area contributed by atoms with Crippen LogP contribution in [-0.4, -0.2) is 14.9 Å². The van der Waals surface area contributed by atoms with Crippen molar-refractivity contribution in [3.8, 4) is 5.69 Å². The van der Waals surface area contributed by atoms with Crippen molar-refractivity contribution in [3.63, 3.8) is 0 Å². The molecule has 1 aromatic heterocycles. The molecule has 1 heterocycles. The number of hydrogen-bond donors (Lipinski definition) is 2. The molecule has 106 valence electrons. The fourth-order valence-corrected chi connectivity index (χ4v) is 2.17. The second-order valence-electron chi connectivity index (χ2n) is 4.83. The zero-order valence-corrected chi connectivity index (χ0v) is 11.6. The molecule has 21 heavy (non-hydrogen) atoms. The Morgan fingerprint density at radius 2 is 1.86 bits per heavy atom. The first-order valence-corrected chi connectivity index (χ1v) is 6.88. The third-order valence-electron chi connectivity index (χ3n) is 3.31. The van der Waals surface area contributed by atoms with Crippen LogP contribution < -0.4 is 5.32 Å². The third-order valence-corrected chi connectivity index (χ3v) is 3.31. The van der Waals surface area contributed by atoms with E-state index in [-0.39, 0.29) is 6.61 Å². The van der Waals surface area contributed by atoms with Crippen LogP contribution in [0.1, 0.15) is 11.1 Å². The molecule has 0 saturated heterocycles. The number of nitrogens with zero attached hydrogens (tertiary/aromatic N) is 2. The fourth-order valence-electron chi connectivity index (χ4n) is 2.17. The van der Waals surface area contributed by atoms with Crippen LogP contribution in [0, 0.1) is 0 Å². The number of nitrogens with one attached hydrogen (secondary N) is 1. The van der Waals surface area contributed by atoms with Crippen molar-refractivity contribution in [3.05, 3.63) is 78.1 Å². The lowest BCUT2D eigenvalue weighted by Gasteiger charge is -2.08. The highest BCUT2D eigenvalue weighted by Crippen LogP contribution is 2.13. The van der Waals surface area contributed by atoms with Gasteiger partial charge in [-0.15, -0.1) is 0 Å². The summed E-state index contributed by atoms with van der Waals surface area (Å²) in [7, 11) is 0. The molecule has 2 N–H and O–H groups in total. The molecular weight excluding hydrogens is 262 g/mol. The number of aliphatic hydroxyl groups excluding tert-OH is 1. The molecule has 0 atom stereocenters. The van der Waals surface area contributed by atoms with Crippen LogP contribution in [0.4, 0.5) is 5.69 Å². The van der Waals surface area contributed by atoms with Gasteiger partial charge in [0.2, 0.25) is 0 Å². The van der Waals surface area contributed by atoms with Crippen molar-refractivity contribution >= 4 is 5.69 Å². The standard InChI is InChI=1S/C17H17N3O/c21-13-15-3-1-4-16(11-15)18-12-14-5-7-17(8-6-14)20-10-2-9-19-20/h1-11,18,21H,12-13H2. The van der Waals surface area contributed by atoms with Gasteiger partial charge in [-0.3, -0.25) is 0 Å². The first-order chi connectivity index (χ1) is 10.3. The maximum atomic E-state index is 9.13. The molecule has 3 rings (SSSR count). The molecule has 4 nitrogen and oxygen atoms in total. The number of benzene rings is 2. The van der Waals surface area contributed by atoms with Gasteiger partial charge in [0.15, 0.2) is 0 Å². The highest BCUT2D eigenvalue weighted by atomic mass is 16.3. The Hall–Kier alpha value is -2.59. The van der Waals surface area contributed by atoms with Crippen LogP contribution in [0.15, 0.2) is 67.0 Å². The van der Waals surface area contributed by atoms with Crippen molar-refractivity contribution in [2.24, 2.45) is 0 Å². The van der Waals surface area contributed by atoms with Gasteiger partial charge in [-0.25, -0.2) is 4.68 Å². The molecule has 3 aromatic rings. The monoisotopic (exact) mass is 279 g/mol. The van der Waals surface area contributed by atoms with E-state index in [1.807, 2.05) is 53.3 Å². The van der Waals surface area contributed by atoms with Gasteiger partial charge in [0.05, 0.1) is 12.3 Å². The summed E-state index contributed by atoms with van der Waals surface area (Å²) in [5, 5.41) is 16.7. The fraction of sp³-hybridized carbons (Fsp3) is 0.118. The molecule has 0 spiro atoms. The van der Waals surface area contributed by atoms with Gasteiger partial charge in [-0.2, -0.15) is 5.10 Å². The number of hydrogen-bond acceptors (Lipinski definition) is 3. The van der Waals surface area contributed by atoms with E-state index >= 15 is 0 Å². The Balaban J connectivity index is 1.65. The Morgan fingerprint density at radius 3 is 2.57 bits per heavy atom. The van der Waals surface area contributed by atoms with Gasteiger partial charge >= 0.3 is 0 Å². The first kappa shape index (κ1) is 13.4. The van der Waals surface area contributed by atoms with E-state index in [2.05, 4.69) is 22.5 Å². The van der Waals surface area contributed by atoms with Crippen molar-refractivity contribution in [2.45, 2.75) is 13.2 Å². The van der Waals surface area contributed by atoms with Gasteiger partial charge in [0.1, 0.15) is 0 Å². The molecule has 4 heteroatoms. The zero-order chi connectivity index (χ0) is 14.5. The number of aromatic nitrogens is 2. The van der Waals surface area contributed by atoms with Crippen LogP contribution in [-0.2, 0) is 13.2 Å². The quantitative estimate of drug-likeness (QED) is 0.755. The molecule has 0 amide bonds. The molecule has 0 aliphatic rings. The van der Waals surface area contributed by atoms with Crippen LogP contribution in [0.2, 0.25) is 0 Å². The van der Waals surface area contributed by atoms with E-state index in [1.54, 1.807) is 6.20 Å². The molecule has 0 fully saturated rings. The van der Waals surface area contributed by atoms with Crippen molar-refractivity contribution < 1.29 is 5.11 Å². The normalized spacial score (nSPS) is 10.5. The predicted octanol–water partition coefficient (Wildman–Crippen LogP) is 2.98. The number of anilines is 1. The third kappa shape index (κ3) is 3.30. The van der Waals surface area contributed by atoms with Crippen molar-refractivity contribution in [1.82, 2.24) is 9.78 Å². The van der Waals surface area contributed by atoms with E-state index in [9.17, 15) is 0 Å². The summed E-state index contributed by atoms with van der Waals surface area (Å²) in [5.74, 6) is 0. The largest absolute Gasteiger partial charge is 0.392 e. The second kappa shape index (κ2) is 6.24. The number of rotatable bonds is 5. The highest BCUT2D eigenvalue weighted by Gasteiger charge is 1.98. The predicted molar refractivity (Wildman–Crippen MR) is 83.3 cm³/mol. The average Bonchev–Trinajstić information content (AvgIpc) is 3.08. The number of aliphatic hydroxyl groups is 1. The van der Waals surface area contributed by atoms with Crippen molar-refractivity contribution in [1.29, 1.82) is 0 Å². The minimum Gasteiger partial charge on any atom is -0.392 e. The first-order valence-electron chi connectivity index (χ1n) is 6.88. The second-order valence-corrected chi connectivity index (χ2v) is 4.83. The van der Waals surface area contributed by atoms with E-state index in [0.717, 1.165) is 23.5 Å². The Labute approximate surface area is 123 Å². The molecule has 0 radical (unpaired) electrons. The summed E-state index contributed by atoms with van der Waals surface area (Å²) in [6.45, 7) is 0.808. The summed E-state index contributed by atoms with van der Waals surface area (Å²) >= 11 is 0. The van der Waals surface area contributed by atoms with Crippen LogP contribution in [0.3, 0.4) is 0 Å². The highest BCUT2D eigenvalue weighted by molar-refractivity contribution is 5.46. The van der Waals surface area contributed by atoms with Gasteiger partial charge < -0.3 is 10.4 Å². The molecular formula is C17H17N3O. The maximum absolute atomic E-state index is 9.13.